The number of aromatic nitrogens is 2. The molecule has 3 nitrogen and oxygen atoms in total. The second-order valence-electron chi connectivity index (χ2n) is 4.07. The first-order chi connectivity index (χ1) is 6.25. The highest BCUT2D eigenvalue weighted by Crippen LogP contribution is 2.26. The van der Waals surface area contributed by atoms with E-state index in [1.165, 1.54) is 19.3 Å². The van der Waals surface area contributed by atoms with Crippen LogP contribution >= 0.6 is 0 Å². The molecule has 0 radical (unpaired) electrons. The summed E-state index contributed by atoms with van der Waals surface area (Å²) in [5.41, 5.74) is 1.12. The molecule has 0 bridgehead atoms. The van der Waals surface area contributed by atoms with Gasteiger partial charge in [-0.05, 0) is 25.7 Å². The van der Waals surface area contributed by atoms with E-state index in [2.05, 4.69) is 22.2 Å². The monoisotopic (exact) mass is 179 g/mol. The molecule has 1 heterocycles. The number of hydrogen-bond donors (Lipinski definition) is 2. The number of nitrogens with one attached hydrogen (secondary N) is 2. The lowest BCUT2D eigenvalue weighted by Gasteiger charge is -2.16. The average molecular weight is 179 g/mol. The largest absolute Gasteiger partial charge is 0.353 e. The summed E-state index contributed by atoms with van der Waals surface area (Å²) in [4.78, 5) is 7.45. The SMILES string of the molecule is Cc1cnc(NC2CCCC2C)[nH]1. The van der Waals surface area contributed by atoms with E-state index in [9.17, 15) is 0 Å². The zero-order chi connectivity index (χ0) is 9.26. The van der Waals surface area contributed by atoms with Gasteiger partial charge in [0.2, 0.25) is 5.95 Å². The van der Waals surface area contributed by atoms with Crippen molar-refractivity contribution in [1.29, 1.82) is 0 Å². The maximum absolute atomic E-state index is 4.25. The summed E-state index contributed by atoms with van der Waals surface area (Å²) < 4.78 is 0. The Morgan fingerprint density at radius 3 is 2.92 bits per heavy atom. The summed E-state index contributed by atoms with van der Waals surface area (Å²) in [5, 5.41) is 3.44. The van der Waals surface area contributed by atoms with Crippen LogP contribution < -0.4 is 5.32 Å². The van der Waals surface area contributed by atoms with Crippen LogP contribution in [0.25, 0.3) is 0 Å². The molecule has 72 valence electrons. The third-order valence-electron chi connectivity index (χ3n) is 2.89. The Kier molecular flexibility index (Phi) is 2.25. The van der Waals surface area contributed by atoms with Crippen molar-refractivity contribution in [3.05, 3.63) is 11.9 Å². The molecule has 2 rings (SSSR count). The highest BCUT2D eigenvalue weighted by Gasteiger charge is 2.23. The first kappa shape index (κ1) is 8.60. The molecule has 1 saturated carbocycles. The molecule has 0 spiro atoms. The Morgan fingerprint density at radius 1 is 1.54 bits per heavy atom. The zero-order valence-electron chi connectivity index (χ0n) is 8.30. The molecule has 2 N–H and O–H groups in total. The van der Waals surface area contributed by atoms with Gasteiger partial charge < -0.3 is 10.3 Å². The predicted molar refractivity (Wildman–Crippen MR) is 53.8 cm³/mol. The molecule has 0 saturated heterocycles. The summed E-state index contributed by atoms with van der Waals surface area (Å²) in [6.07, 6.45) is 5.83. The highest BCUT2D eigenvalue weighted by atomic mass is 15.1. The number of anilines is 1. The van der Waals surface area contributed by atoms with E-state index in [4.69, 9.17) is 0 Å². The van der Waals surface area contributed by atoms with Crippen molar-refractivity contribution in [2.75, 3.05) is 5.32 Å². The summed E-state index contributed by atoms with van der Waals surface area (Å²) in [6.45, 7) is 4.33. The van der Waals surface area contributed by atoms with Gasteiger partial charge in [-0.2, -0.15) is 0 Å². The molecule has 2 atom stereocenters. The number of aryl methyl sites for hydroxylation is 1. The van der Waals surface area contributed by atoms with Crippen LogP contribution in [-0.4, -0.2) is 16.0 Å². The smallest absolute Gasteiger partial charge is 0.200 e. The highest BCUT2D eigenvalue weighted by molar-refractivity contribution is 5.28. The third-order valence-corrected chi connectivity index (χ3v) is 2.89. The number of H-pyrrole nitrogens is 1. The summed E-state index contributed by atoms with van der Waals surface area (Å²) in [5.74, 6) is 1.71. The predicted octanol–water partition coefficient (Wildman–Crippen LogP) is 2.32. The van der Waals surface area contributed by atoms with E-state index in [1.54, 1.807) is 0 Å². The molecule has 13 heavy (non-hydrogen) atoms. The fourth-order valence-electron chi connectivity index (χ4n) is 2.02. The van der Waals surface area contributed by atoms with Gasteiger partial charge in [-0.25, -0.2) is 4.98 Å². The van der Waals surface area contributed by atoms with Gasteiger partial charge in [0.05, 0.1) is 0 Å². The van der Waals surface area contributed by atoms with Crippen LogP contribution in [0.1, 0.15) is 31.9 Å². The second kappa shape index (κ2) is 3.40. The van der Waals surface area contributed by atoms with Crippen molar-refractivity contribution < 1.29 is 0 Å². The van der Waals surface area contributed by atoms with E-state index in [-0.39, 0.29) is 0 Å². The number of rotatable bonds is 2. The van der Waals surface area contributed by atoms with E-state index >= 15 is 0 Å². The van der Waals surface area contributed by atoms with Crippen LogP contribution in [0.3, 0.4) is 0 Å². The van der Waals surface area contributed by atoms with Crippen LogP contribution in [0.5, 0.6) is 0 Å². The fourth-order valence-corrected chi connectivity index (χ4v) is 2.02. The number of imidazole rings is 1. The zero-order valence-corrected chi connectivity index (χ0v) is 8.30. The summed E-state index contributed by atoms with van der Waals surface area (Å²) in [6, 6.07) is 0.616. The minimum absolute atomic E-state index is 0.616. The molecule has 1 aliphatic carbocycles. The second-order valence-corrected chi connectivity index (χ2v) is 4.07. The van der Waals surface area contributed by atoms with Crippen molar-refractivity contribution in [2.24, 2.45) is 5.92 Å². The Balaban J connectivity index is 1.97. The third kappa shape index (κ3) is 1.85. The minimum Gasteiger partial charge on any atom is -0.353 e. The van der Waals surface area contributed by atoms with Gasteiger partial charge >= 0.3 is 0 Å². The maximum atomic E-state index is 4.25. The molecule has 0 amide bonds. The van der Waals surface area contributed by atoms with Crippen molar-refractivity contribution in [3.63, 3.8) is 0 Å². The molecular formula is C10H17N3. The Bertz CT molecular complexity index is 279. The topological polar surface area (TPSA) is 40.7 Å². The average Bonchev–Trinajstić information content (AvgIpc) is 2.64. The molecular weight excluding hydrogens is 162 g/mol. The van der Waals surface area contributed by atoms with Crippen LogP contribution in [0.4, 0.5) is 5.95 Å². The van der Waals surface area contributed by atoms with Gasteiger partial charge in [0, 0.05) is 17.9 Å². The standard InChI is InChI=1S/C10H17N3/c1-7-4-3-5-9(7)13-10-11-6-8(2)12-10/h6-7,9H,3-5H2,1-2H3,(H2,11,12,13). The quantitative estimate of drug-likeness (QED) is 0.731. The van der Waals surface area contributed by atoms with Gasteiger partial charge in [0.1, 0.15) is 0 Å². The molecule has 1 fully saturated rings. The molecule has 1 aromatic rings. The minimum atomic E-state index is 0.616. The summed E-state index contributed by atoms with van der Waals surface area (Å²) >= 11 is 0. The Hall–Kier alpha value is -0.990. The van der Waals surface area contributed by atoms with E-state index in [0.717, 1.165) is 17.6 Å². The summed E-state index contributed by atoms with van der Waals surface area (Å²) in [7, 11) is 0. The van der Waals surface area contributed by atoms with E-state index in [1.807, 2.05) is 13.1 Å². The number of hydrogen-bond acceptors (Lipinski definition) is 2. The lowest BCUT2D eigenvalue weighted by molar-refractivity contribution is 0.553. The van der Waals surface area contributed by atoms with Gasteiger partial charge in [-0.3, -0.25) is 0 Å². The van der Waals surface area contributed by atoms with Crippen LogP contribution in [0.15, 0.2) is 6.20 Å². The molecule has 0 aliphatic heterocycles. The van der Waals surface area contributed by atoms with Crippen LogP contribution in [0.2, 0.25) is 0 Å². The Morgan fingerprint density at radius 2 is 2.38 bits per heavy atom. The van der Waals surface area contributed by atoms with Crippen molar-refractivity contribution in [2.45, 2.75) is 39.2 Å². The maximum Gasteiger partial charge on any atom is 0.200 e. The van der Waals surface area contributed by atoms with Crippen LogP contribution in [-0.2, 0) is 0 Å². The molecule has 0 aromatic carbocycles. The van der Waals surface area contributed by atoms with Gasteiger partial charge in [-0.15, -0.1) is 0 Å². The lowest BCUT2D eigenvalue weighted by Crippen LogP contribution is -2.22. The van der Waals surface area contributed by atoms with Crippen LogP contribution in [0, 0.1) is 12.8 Å². The first-order valence-electron chi connectivity index (χ1n) is 5.04. The fraction of sp³-hybridized carbons (Fsp3) is 0.700. The first-order valence-corrected chi connectivity index (χ1v) is 5.04. The van der Waals surface area contributed by atoms with Gasteiger partial charge in [0.15, 0.2) is 0 Å². The molecule has 2 unspecified atom stereocenters. The number of nitrogens with zero attached hydrogens (tertiary/aromatic N) is 1. The van der Waals surface area contributed by atoms with E-state index in [0.29, 0.717) is 6.04 Å². The van der Waals surface area contributed by atoms with Gasteiger partial charge in [-0.1, -0.05) is 13.3 Å². The van der Waals surface area contributed by atoms with Crippen molar-refractivity contribution in [1.82, 2.24) is 9.97 Å². The van der Waals surface area contributed by atoms with Crippen molar-refractivity contribution >= 4 is 5.95 Å². The Labute approximate surface area is 79.0 Å². The molecule has 1 aliphatic rings. The number of aromatic amines is 1. The lowest BCUT2D eigenvalue weighted by atomic mass is 10.1. The normalized spacial score (nSPS) is 27.8. The van der Waals surface area contributed by atoms with E-state index < -0.39 is 0 Å². The molecule has 1 aromatic heterocycles. The van der Waals surface area contributed by atoms with Gasteiger partial charge in [0.25, 0.3) is 0 Å². The van der Waals surface area contributed by atoms with Crippen molar-refractivity contribution in [3.8, 4) is 0 Å². The molecule has 3 heteroatoms.